The van der Waals surface area contributed by atoms with Crippen molar-refractivity contribution in [2.45, 2.75) is 50.8 Å². The zero-order chi connectivity index (χ0) is 18.3. The number of unbranched alkanes of at least 4 members (excludes halogenated alkanes) is 1. The van der Waals surface area contributed by atoms with Crippen molar-refractivity contribution in [1.29, 1.82) is 0 Å². The van der Waals surface area contributed by atoms with Gasteiger partial charge in [0.1, 0.15) is 0 Å². The Bertz CT molecular complexity index is 783. The molecule has 0 heterocycles. The van der Waals surface area contributed by atoms with Crippen molar-refractivity contribution in [3.05, 3.63) is 60.2 Å². The van der Waals surface area contributed by atoms with E-state index in [0.717, 1.165) is 29.1 Å². The number of carbonyl (C=O) groups is 1. The van der Waals surface area contributed by atoms with E-state index in [4.69, 9.17) is 0 Å². The molecule has 0 aliphatic carbocycles. The van der Waals surface area contributed by atoms with Gasteiger partial charge in [-0.25, -0.2) is 12.7 Å². The van der Waals surface area contributed by atoms with Gasteiger partial charge in [0, 0.05) is 6.42 Å². The molecule has 134 valence electrons. The lowest BCUT2D eigenvalue weighted by Crippen LogP contribution is -2.36. The maximum atomic E-state index is 13.0. The molecule has 0 bridgehead atoms. The third kappa shape index (κ3) is 4.69. The standard InChI is InChI=1S/C20H25NO3S/c1-3-5-10-17-13-15-18(16-14-17)21(20(22)9-4-2)25(23,24)19-11-7-6-8-12-19/h6-8,11-16H,3-5,9-10H2,1-2H3. The molecule has 0 aromatic heterocycles. The van der Waals surface area contributed by atoms with Crippen LogP contribution in [0.5, 0.6) is 0 Å². The van der Waals surface area contributed by atoms with E-state index in [1.54, 1.807) is 30.3 Å². The first kappa shape index (κ1) is 19.2. The molecule has 0 unspecified atom stereocenters. The van der Waals surface area contributed by atoms with Crippen molar-refractivity contribution >= 4 is 21.6 Å². The molecule has 1 amide bonds. The predicted octanol–water partition coefficient (Wildman–Crippen LogP) is 4.55. The van der Waals surface area contributed by atoms with E-state index in [9.17, 15) is 13.2 Å². The molecule has 4 nitrogen and oxygen atoms in total. The van der Waals surface area contributed by atoms with Gasteiger partial charge in [-0.3, -0.25) is 4.79 Å². The van der Waals surface area contributed by atoms with Crippen LogP contribution >= 0.6 is 0 Å². The van der Waals surface area contributed by atoms with Crippen molar-refractivity contribution in [2.75, 3.05) is 4.31 Å². The highest BCUT2D eigenvalue weighted by molar-refractivity contribution is 7.93. The molecule has 0 aliphatic heterocycles. The second-order valence-electron chi connectivity index (χ2n) is 6.00. The van der Waals surface area contributed by atoms with Gasteiger partial charge in [-0.1, -0.05) is 50.6 Å². The molecule has 0 spiro atoms. The largest absolute Gasteiger partial charge is 0.273 e. The van der Waals surface area contributed by atoms with E-state index < -0.39 is 15.9 Å². The molecule has 0 fully saturated rings. The molecule has 5 heteroatoms. The van der Waals surface area contributed by atoms with Gasteiger partial charge >= 0.3 is 0 Å². The number of carbonyl (C=O) groups excluding carboxylic acids is 1. The zero-order valence-electron chi connectivity index (χ0n) is 14.8. The number of rotatable bonds is 8. The van der Waals surface area contributed by atoms with Gasteiger partial charge in [-0.2, -0.15) is 0 Å². The topological polar surface area (TPSA) is 54.5 Å². The lowest BCUT2D eigenvalue weighted by molar-refractivity contribution is -0.117. The summed E-state index contributed by atoms with van der Waals surface area (Å²) in [4.78, 5) is 12.7. The van der Waals surface area contributed by atoms with Crippen LogP contribution in [0.4, 0.5) is 5.69 Å². The van der Waals surface area contributed by atoms with Crippen molar-refractivity contribution < 1.29 is 13.2 Å². The highest BCUT2D eigenvalue weighted by Gasteiger charge is 2.30. The van der Waals surface area contributed by atoms with Gasteiger partial charge in [0.2, 0.25) is 5.91 Å². The number of hydrogen-bond donors (Lipinski definition) is 0. The van der Waals surface area contributed by atoms with E-state index in [0.29, 0.717) is 12.1 Å². The van der Waals surface area contributed by atoms with Crippen molar-refractivity contribution in [3.8, 4) is 0 Å². The Morgan fingerprint density at radius 3 is 2.12 bits per heavy atom. The van der Waals surface area contributed by atoms with Crippen LogP contribution in [0, 0.1) is 0 Å². The average molecular weight is 359 g/mol. The first-order valence-corrected chi connectivity index (χ1v) is 10.2. The smallest absolute Gasteiger partial charge is 0.270 e. The fraction of sp³-hybridized carbons (Fsp3) is 0.350. The van der Waals surface area contributed by atoms with E-state index in [1.807, 2.05) is 19.1 Å². The Morgan fingerprint density at radius 1 is 0.920 bits per heavy atom. The third-order valence-corrected chi connectivity index (χ3v) is 5.72. The Balaban J connectivity index is 2.41. The summed E-state index contributed by atoms with van der Waals surface area (Å²) in [7, 11) is -3.92. The minimum Gasteiger partial charge on any atom is -0.273 e. The first-order chi connectivity index (χ1) is 12.0. The van der Waals surface area contributed by atoms with Crippen LogP contribution in [0.25, 0.3) is 0 Å². The molecule has 0 atom stereocenters. The average Bonchev–Trinajstić information content (AvgIpc) is 2.62. The summed E-state index contributed by atoms with van der Waals surface area (Å²) >= 11 is 0. The van der Waals surface area contributed by atoms with E-state index >= 15 is 0 Å². The Hall–Kier alpha value is -2.14. The number of hydrogen-bond acceptors (Lipinski definition) is 3. The summed E-state index contributed by atoms with van der Waals surface area (Å²) in [5.41, 5.74) is 1.54. The highest BCUT2D eigenvalue weighted by Crippen LogP contribution is 2.25. The number of sulfonamides is 1. The van der Waals surface area contributed by atoms with Crippen LogP contribution in [0.15, 0.2) is 59.5 Å². The minimum absolute atomic E-state index is 0.120. The van der Waals surface area contributed by atoms with Gasteiger partial charge in [-0.05, 0) is 49.1 Å². The molecule has 0 saturated heterocycles. The minimum atomic E-state index is -3.92. The number of benzene rings is 2. The van der Waals surface area contributed by atoms with Crippen molar-refractivity contribution in [1.82, 2.24) is 0 Å². The molecular weight excluding hydrogens is 334 g/mol. The van der Waals surface area contributed by atoms with Crippen LogP contribution in [0.2, 0.25) is 0 Å². The molecule has 0 aliphatic rings. The number of aryl methyl sites for hydroxylation is 1. The molecule has 0 radical (unpaired) electrons. The summed E-state index contributed by atoms with van der Waals surface area (Å²) in [5.74, 6) is -0.410. The lowest BCUT2D eigenvalue weighted by Gasteiger charge is -2.23. The summed E-state index contributed by atoms with van der Waals surface area (Å²) in [6, 6.07) is 15.3. The maximum absolute atomic E-state index is 13.0. The summed E-state index contributed by atoms with van der Waals surface area (Å²) < 4.78 is 27.0. The van der Waals surface area contributed by atoms with Crippen LogP contribution in [0.3, 0.4) is 0 Å². The van der Waals surface area contributed by atoms with Crippen LogP contribution < -0.4 is 4.31 Å². The lowest BCUT2D eigenvalue weighted by atomic mass is 10.1. The fourth-order valence-electron chi connectivity index (χ4n) is 2.61. The van der Waals surface area contributed by atoms with Gasteiger partial charge in [0.15, 0.2) is 0 Å². The summed E-state index contributed by atoms with van der Waals surface area (Å²) in [6.07, 6.45) is 3.91. The molecule has 0 N–H and O–H groups in total. The SMILES string of the molecule is CCCCc1ccc(N(C(=O)CCC)S(=O)(=O)c2ccccc2)cc1. The second-order valence-corrected chi connectivity index (χ2v) is 7.78. The summed E-state index contributed by atoms with van der Waals surface area (Å²) in [5, 5.41) is 0. The predicted molar refractivity (Wildman–Crippen MR) is 101 cm³/mol. The molecule has 2 aromatic carbocycles. The number of nitrogens with zero attached hydrogens (tertiary/aromatic N) is 1. The quantitative estimate of drug-likeness (QED) is 0.695. The van der Waals surface area contributed by atoms with Crippen LogP contribution in [-0.2, 0) is 21.2 Å². The van der Waals surface area contributed by atoms with Crippen LogP contribution in [-0.4, -0.2) is 14.3 Å². The van der Waals surface area contributed by atoms with E-state index in [-0.39, 0.29) is 11.3 Å². The zero-order valence-corrected chi connectivity index (χ0v) is 15.6. The Kier molecular flexibility index (Phi) is 6.76. The van der Waals surface area contributed by atoms with Gasteiger partial charge in [-0.15, -0.1) is 0 Å². The maximum Gasteiger partial charge on any atom is 0.270 e. The van der Waals surface area contributed by atoms with Crippen LogP contribution in [0.1, 0.15) is 45.1 Å². The van der Waals surface area contributed by atoms with E-state index in [1.165, 1.54) is 12.1 Å². The monoisotopic (exact) mass is 359 g/mol. The number of anilines is 1. The van der Waals surface area contributed by atoms with Crippen molar-refractivity contribution in [3.63, 3.8) is 0 Å². The van der Waals surface area contributed by atoms with Gasteiger partial charge in [0.05, 0.1) is 10.6 Å². The second kappa shape index (κ2) is 8.81. The molecule has 2 aromatic rings. The highest BCUT2D eigenvalue weighted by atomic mass is 32.2. The molecule has 0 saturated carbocycles. The summed E-state index contributed by atoms with van der Waals surface area (Å²) in [6.45, 7) is 3.99. The molecule has 2 rings (SSSR count). The first-order valence-electron chi connectivity index (χ1n) is 8.72. The van der Waals surface area contributed by atoms with Gasteiger partial charge in [0.25, 0.3) is 10.0 Å². The number of amides is 1. The van der Waals surface area contributed by atoms with E-state index in [2.05, 4.69) is 6.92 Å². The molecule has 25 heavy (non-hydrogen) atoms. The Labute approximate surface area is 150 Å². The normalized spacial score (nSPS) is 11.3. The van der Waals surface area contributed by atoms with Gasteiger partial charge < -0.3 is 0 Å². The molecular formula is C20H25NO3S. The fourth-order valence-corrected chi connectivity index (χ4v) is 4.08. The van der Waals surface area contributed by atoms with Crippen molar-refractivity contribution in [2.24, 2.45) is 0 Å². The third-order valence-electron chi connectivity index (χ3n) is 3.96. The Morgan fingerprint density at radius 2 is 1.56 bits per heavy atom.